The standard InChI is InChI=1S/C20H19F3N4O2S/c21-20(22,23)15-4-1-3-14(11-15)19-24-17(29-25-19)13-26-6-8-27(9-7-26)18(28)12-16-5-2-10-30-16/h1-5,10-11H,6-9,12-13H2. The Kier molecular flexibility index (Phi) is 5.87. The fourth-order valence-electron chi connectivity index (χ4n) is 3.29. The maximum atomic E-state index is 12.9. The Morgan fingerprint density at radius 2 is 1.93 bits per heavy atom. The smallest absolute Gasteiger partial charge is 0.340 e. The van der Waals surface area contributed by atoms with Gasteiger partial charge in [-0.25, -0.2) is 0 Å². The van der Waals surface area contributed by atoms with Crippen LogP contribution in [0.15, 0.2) is 46.3 Å². The number of carbonyl (C=O) groups excluding carboxylic acids is 1. The van der Waals surface area contributed by atoms with Crippen molar-refractivity contribution in [1.82, 2.24) is 19.9 Å². The minimum absolute atomic E-state index is 0.113. The van der Waals surface area contributed by atoms with E-state index < -0.39 is 11.7 Å². The molecule has 0 aliphatic carbocycles. The van der Waals surface area contributed by atoms with Crippen LogP contribution in [0.2, 0.25) is 0 Å². The average molecular weight is 436 g/mol. The minimum atomic E-state index is -4.43. The second kappa shape index (κ2) is 8.57. The highest BCUT2D eigenvalue weighted by Crippen LogP contribution is 2.31. The van der Waals surface area contributed by atoms with Crippen LogP contribution in [0.3, 0.4) is 0 Å². The molecule has 0 atom stereocenters. The van der Waals surface area contributed by atoms with Gasteiger partial charge in [-0.05, 0) is 23.6 Å². The van der Waals surface area contributed by atoms with Crippen molar-refractivity contribution in [3.8, 4) is 11.4 Å². The van der Waals surface area contributed by atoms with Crippen LogP contribution < -0.4 is 0 Å². The van der Waals surface area contributed by atoms with Crippen LogP contribution in [-0.2, 0) is 23.9 Å². The van der Waals surface area contributed by atoms with Crippen molar-refractivity contribution >= 4 is 17.2 Å². The Hall–Kier alpha value is -2.72. The SMILES string of the molecule is O=C(Cc1cccs1)N1CCN(Cc2nc(-c3cccc(C(F)(F)F)c3)no2)CC1. The predicted octanol–water partition coefficient (Wildman–Crippen LogP) is 3.70. The van der Waals surface area contributed by atoms with E-state index in [0.717, 1.165) is 17.0 Å². The molecule has 0 unspecified atom stereocenters. The van der Waals surface area contributed by atoms with E-state index in [-0.39, 0.29) is 17.3 Å². The lowest BCUT2D eigenvalue weighted by Gasteiger charge is -2.33. The zero-order chi connectivity index (χ0) is 21.1. The summed E-state index contributed by atoms with van der Waals surface area (Å²) in [5.41, 5.74) is -0.501. The molecule has 4 rings (SSSR count). The van der Waals surface area contributed by atoms with Crippen LogP contribution >= 0.6 is 11.3 Å². The number of halogens is 3. The monoisotopic (exact) mass is 436 g/mol. The molecular formula is C20H19F3N4O2S. The van der Waals surface area contributed by atoms with Gasteiger partial charge in [0.25, 0.3) is 0 Å². The second-order valence-electron chi connectivity index (χ2n) is 7.00. The number of nitrogens with zero attached hydrogens (tertiary/aromatic N) is 4. The largest absolute Gasteiger partial charge is 0.416 e. The predicted molar refractivity (Wildman–Crippen MR) is 105 cm³/mol. The minimum Gasteiger partial charge on any atom is -0.340 e. The summed E-state index contributed by atoms with van der Waals surface area (Å²) in [5.74, 6) is 0.573. The molecule has 0 saturated carbocycles. The highest BCUT2D eigenvalue weighted by Gasteiger charge is 2.31. The number of piperazine rings is 1. The molecule has 0 radical (unpaired) electrons. The third kappa shape index (κ3) is 4.88. The molecule has 1 aliphatic heterocycles. The van der Waals surface area contributed by atoms with Gasteiger partial charge in [-0.3, -0.25) is 9.69 Å². The van der Waals surface area contributed by atoms with Gasteiger partial charge in [-0.15, -0.1) is 11.3 Å². The summed E-state index contributed by atoms with van der Waals surface area (Å²) in [4.78, 5) is 21.6. The first kappa shape index (κ1) is 20.5. The van der Waals surface area contributed by atoms with E-state index in [0.29, 0.717) is 45.0 Å². The molecule has 1 amide bonds. The van der Waals surface area contributed by atoms with Crippen LogP contribution in [0, 0.1) is 0 Å². The summed E-state index contributed by atoms with van der Waals surface area (Å²) in [6.45, 7) is 2.94. The van der Waals surface area contributed by atoms with E-state index in [9.17, 15) is 18.0 Å². The number of hydrogen-bond donors (Lipinski definition) is 0. The van der Waals surface area contributed by atoms with E-state index in [1.807, 2.05) is 22.4 Å². The number of rotatable bonds is 5. The van der Waals surface area contributed by atoms with Gasteiger partial charge in [0.05, 0.1) is 18.5 Å². The molecule has 0 bridgehead atoms. The molecule has 158 valence electrons. The first-order valence-corrected chi connectivity index (χ1v) is 10.3. The lowest BCUT2D eigenvalue weighted by molar-refractivity contribution is -0.137. The van der Waals surface area contributed by atoms with Crippen molar-refractivity contribution in [3.05, 3.63) is 58.1 Å². The topological polar surface area (TPSA) is 62.5 Å². The fraction of sp³-hybridized carbons (Fsp3) is 0.350. The van der Waals surface area contributed by atoms with Crippen molar-refractivity contribution in [3.63, 3.8) is 0 Å². The quantitative estimate of drug-likeness (QED) is 0.610. The van der Waals surface area contributed by atoms with E-state index in [4.69, 9.17) is 4.52 Å². The van der Waals surface area contributed by atoms with Crippen molar-refractivity contribution in [2.45, 2.75) is 19.1 Å². The van der Waals surface area contributed by atoms with Gasteiger partial charge in [-0.2, -0.15) is 18.2 Å². The summed E-state index contributed by atoms with van der Waals surface area (Å²) in [6, 6.07) is 8.73. The maximum Gasteiger partial charge on any atom is 0.416 e. The number of aromatic nitrogens is 2. The summed E-state index contributed by atoms with van der Waals surface area (Å²) in [7, 11) is 0. The van der Waals surface area contributed by atoms with E-state index in [1.165, 1.54) is 12.1 Å². The van der Waals surface area contributed by atoms with E-state index in [2.05, 4.69) is 15.0 Å². The molecule has 3 heterocycles. The molecule has 1 aliphatic rings. The number of thiophene rings is 1. The average Bonchev–Trinajstić information content (AvgIpc) is 3.40. The fourth-order valence-corrected chi connectivity index (χ4v) is 3.99. The van der Waals surface area contributed by atoms with E-state index >= 15 is 0 Å². The van der Waals surface area contributed by atoms with Crippen LogP contribution in [-0.4, -0.2) is 52.0 Å². The van der Waals surface area contributed by atoms with Gasteiger partial charge >= 0.3 is 6.18 Å². The molecule has 0 N–H and O–H groups in total. The van der Waals surface area contributed by atoms with Gasteiger partial charge < -0.3 is 9.42 Å². The van der Waals surface area contributed by atoms with Crippen LogP contribution in [0.4, 0.5) is 13.2 Å². The molecule has 30 heavy (non-hydrogen) atoms. The molecular weight excluding hydrogens is 417 g/mol. The Morgan fingerprint density at radius 1 is 1.13 bits per heavy atom. The molecule has 1 aromatic carbocycles. The highest BCUT2D eigenvalue weighted by molar-refractivity contribution is 7.10. The summed E-state index contributed by atoms with van der Waals surface area (Å²) < 4.78 is 43.9. The number of alkyl halides is 3. The van der Waals surface area contributed by atoms with Crippen LogP contribution in [0.5, 0.6) is 0 Å². The molecule has 3 aromatic rings. The number of carbonyl (C=O) groups is 1. The van der Waals surface area contributed by atoms with Gasteiger partial charge in [-0.1, -0.05) is 23.4 Å². The highest BCUT2D eigenvalue weighted by atomic mass is 32.1. The normalized spacial score (nSPS) is 15.5. The van der Waals surface area contributed by atoms with E-state index in [1.54, 1.807) is 11.3 Å². The third-order valence-electron chi connectivity index (χ3n) is 4.91. The Balaban J connectivity index is 1.32. The lowest BCUT2D eigenvalue weighted by Crippen LogP contribution is -2.48. The molecule has 1 fully saturated rings. The summed E-state index contributed by atoms with van der Waals surface area (Å²) >= 11 is 1.57. The van der Waals surface area contributed by atoms with Crippen molar-refractivity contribution in [2.75, 3.05) is 26.2 Å². The molecule has 1 saturated heterocycles. The second-order valence-corrected chi connectivity index (χ2v) is 8.04. The zero-order valence-corrected chi connectivity index (χ0v) is 16.7. The van der Waals surface area contributed by atoms with Crippen molar-refractivity contribution in [1.29, 1.82) is 0 Å². The van der Waals surface area contributed by atoms with Crippen LogP contribution in [0.1, 0.15) is 16.3 Å². The first-order valence-electron chi connectivity index (χ1n) is 9.41. The van der Waals surface area contributed by atoms with Gasteiger partial charge in [0.1, 0.15) is 0 Å². The molecule has 10 heteroatoms. The maximum absolute atomic E-state index is 12.9. The zero-order valence-electron chi connectivity index (χ0n) is 15.9. The Bertz CT molecular complexity index is 996. The number of hydrogen-bond acceptors (Lipinski definition) is 6. The number of amides is 1. The molecule has 0 spiro atoms. The molecule has 2 aromatic heterocycles. The lowest BCUT2D eigenvalue weighted by atomic mass is 10.1. The van der Waals surface area contributed by atoms with Crippen LogP contribution in [0.25, 0.3) is 11.4 Å². The summed E-state index contributed by atoms with van der Waals surface area (Å²) in [6.07, 6.45) is -4.01. The van der Waals surface area contributed by atoms with Crippen molar-refractivity contribution < 1.29 is 22.5 Å². The van der Waals surface area contributed by atoms with Crippen molar-refractivity contribution in [2.24, 2.45) is 0 Å². The third-order valence-corrected chi connectivity index (χ3v) is 5.78. The Labute approximate surface area is 174 Å². The van der Waals surface area contributed by atoms with Gasteiger partial charge in [0.2, 0.25) is 17.6 Å². The summed E-state index contributed by atoms with van der Waals surface area (Å²) in [5, 5.41) is 5.77. The van der Waals surface area contributed by atoms with Gasteiger partial charge in [0, 0.05) is 36.6 Å². The van der Waals surface area contributed by atoms with Gasteiger partial charge in [0.15, 0.2) is 0 Å². The first-order chi connectivity index (χ1) is 14.4. The Morgan fingerprint density at radius 3 is 2.63 bits per heavy atom. The number of benzene rings is 1. The molecule has 6 nitrogen and oxygen atoms in total.